The highest BCUT2D eigenvalue weighted by molar-refractivity contribution is 6.05. The van der Waals surface area contributed by atoms with E-state index >= 15 is 0 Å². The van der Waals surface area contributed by atoms with E-state index < -0.39 is 0 Å². The fourth-order valence-electron chi connectivity index (χ4n) is 2.62. The first-order valence-corrected chi connectivity index (χ1v) is 8.47. The Labute approximate surface area is 137 Å². The maximum absolute atomic E-state index is 12.5. The summed E-state index contributed by atoms with van der Waals surface area (Å²) in [4.78, 5) is 17.1. The molecule has 0 spiro atoms. The Balaban J connectivity index is 2.63. The number of carbonyl (C=O) groups is 1. The first-order chi connectivity index (χ1) is 11.2. The number of hydrogen-bond acceptors (Lipinski definition) is 5. The van der Waals surface area contributed by atoms with Crippen LogP contribution in [-0.4, -0.2) is 33.9 Å². The number of ether oxygens (including phenoxy) is 1. The van der Waals surface area contributed by atoms with Crippen molar-refractivity contribution in [2.75, 3.05) is 18.5 Å². The fraction of sp³-hybridized carbons (Fsp3) is 0.588. The number of hydrogen-bond donors (Lipinski definition) is 1. The van der Waals surface area contributed by atoms with Gasteiger partial charge in [-0.25, -0.2) is 14.5 Å². The number of rotatable bonds is 8. The molecule has 6 heteroatoms. The van der Waals surface area contributed by atoms with Gasteiger partial charge in [0.1, 0.15) is 5.56 Å². The number of aryl methyl sites for hydroxylation is 2. The lowest BCUT2D eigenvalue weighted by molar-refractivity contribution is 0.0526. The molecule has 0 amide bonds. The lowest BCUT2D eigenvalue weighted by atomic mass is 10.1. The highest BCUT2D eigenvalue weighted by Crippen LogP contribution is 2.30. The Morgan fingerprint density at radius 2 is 2.09 bits per heavy atom. The van der Waals surface area contributed by atoms with Crippen molar-refractivity contribution in [3.05, 3.63) is 17.5 Å². The number of pyridine rings is 1. The van der Waals surface area contributed by atoms with Gasteiger partial charge in [0, 0.05) is 13.1 Å². The molecule has 0 fully saturated rings. The number of esters is 1. The Morgan fingerprint density at radius 1 is 1.30 bits per heavy atom. The zero-order valence-corrected chi connectivity index (χ0v) is 14.5. The third-order valence-electron chi connectivity index (χ3n) is 3.81. The standard InChI is InChI=1S/C17H26N4O2/c1-5-9-10-18-15-12-11-19-21(7-3)16(12)20-13(6-2)14(15)17(22)23-8-4/h11H,5-10H2,1-4H3,(H,18,20). The molecule has 0 aromatic carbocycles. The molecule has 0 aliphatic rings. The predicted molar refractivity (Wildman–Crippen MR) is 91.9 cm³/mol. The number of fused-ring (bicyclic) bond motifs is 1. The van der Waals surface area contributed by atoms with Crippen molar-refractivity contribution in [2.24, 2.45) is 0 Å². The lowest BCUT2D eigenvalue weighted by Crippen LogP contribution is -2.15. The molecule has 0 radical (unpaired) electrons. The highest BCUT2D eigenvalue weighted by Gasteiger charge is 2.23. The van der Waals surface area contributed by atoms with Gasteiger partial charge < -0.3 is 10.1 Å². The van der Waals surface area contributed by atoms with Gasteiger partial charge in [-0.3, -0.25) is 0 Å². The molecule has 0 atom stereocenters. The van der Waals surface area contributed by atoms with Crippen LogP contribution in [0.3, 0.4) is 0 Å². The quantitative estimate of drug-likeness (QED) is 0.597. The number of nitrogens with zero attached hydrogens (tertiary/aromatic N) is 3. The summed E-state index contributed by atoms with van der Waals surface area (Å²) in [6.45, 7) is 9.89. The second-order valence-electron chi connectivity index (χ2n) is 5.36. The van der Waals surface area contributed by atoms with Gasteiger partial charge in [0.2, 0.25) is 0 Å². The van der Waals surface area contributed by atoms with Crippen LogP contribution in [0.1, 0.15) is 56.6 Å². The average molecular weight is 318 g/mol. The number of nitrogens with one attached hydrogen (secondary N) is 1. The average Bonchev–Trinajstić information content (AvgIpc) is 2.97. The molecule has 0 unspecified atom stereocenters. The Morgan fingerprint density at radius 3 is 2.70 bits per heavy atom. The summed E-state index contributed by atoms with van der Waals surface area (Å²) in [5.74, 6) is -0.318. The van der Waals surface area contributed by atoms with Crippen LogP contribution in [0.25, 0.3) is 11.0 Å². The number of unbranched alkanes of at least 4 members (excludes halogenated alkanes) is 1. The first-order valence-electron chi connectivity index (χ1n) is 8.47. The van der Waals surface area contributed by atoms with E-state index in [0.29, 0.717) is 18.6 Å². The lowest BCUT2D eigenvalue weighted by Gasteiger charge is -2.15. The zero-order chi connectivity index (χ0) is 16.8. The fourth-order valence-corrected chi connectivity index (χ4v) is 2.62. The summed E-state index contributed by atoms with van der Waals surface area (Å²) in [6.07, 6.45) is 4.57. The highest BCUT2D eigenvalue weighted by atomic mass is 16.5. The van der Waals surface area contributed by atoms with E-state index in [1.54, 1.807) is 6.20 Å². The van der Waals surface area contributed by atoms with Crippen molar-refractivity contribution in [1.82, 2.24) is 14.8 Å². The van der Waals surface area contributed by atoms with Gasteiger partial charge in [-0.1, -0.05) is 20.3 Å². The van der Waals surface area contributed by atoms with E-state index in [4.69, 9.17) is 4.74 Å². The second kappa shape index (κ2) is 7.94. The first kappa shape index (κ1) is 17.2. The molecule has 0 aliphatic heterocycles. The van der Waals surface area contributed by atoms with Gasteiger partial charge in [-0.05, 0) is 26.7 Å². The smallest absolute Gasteiger partial charge is 0.342 e. The van der Waals surface area contributed by atoms with Crippen molar-refractivity contribution >= 4 is 22.7 Å². The maximum atomic E-state index is 12.5. The molecular formula is C17H26N4O2. The molecule has 2 aromatic rings. The molecule has 1 N–H and O–H groups in total. The van der Waals surface area contributed by atoms with Gasteiger partial charge in [0.25, 0.3) is 0 Å². The summed E-state index contributed by atoms with van der Waals surface area (Å²) in [7, 11) is 0. The van der Waals surface area contributed by atoms with E-state index in [1.165, 1.54) is 0 Å². The number of carbonyl (C=O) groups excluding carboxylic acids is 1. The molecule has 0 saturated carbocycles. The Hall–Kier alpha value is -2.11. The third kappa shape index (κ3) is 3.46. The van der Waals surface area contributed by atoms with Crippen LogP contribution in [0, 0.1) is 0 Å². The van der Waals surface area contributed by atoms with Gasteiger partial charge in [0.15, 0.2) is 5.65 Å². The molecule has 0 saturated heterocycles. The van der Waals surface area contributed by atoms with Crippen LogP contribution >= 0.6 is 0 Å². The number of anilines is 1. The molecule has 2 aromatic heterocycles. The summed E-state index contributed by atoms with van der Waals surface area (Å²) >= 11 is 0. The molecule has 6 nitrogen and oxygen atoms in total. The van der Waals surface area contributed by atoms with Crippen LogP contribution in [0.5, 0.6) is 0 Å². The largest absolute Gasteiger partial charge is 0.462 e. The Bertz CT molecular complexity index is 679. The van der Waals surface area contributed by atoms with E-state index in [-0.39, 0.29) is 5.97 Å². The van der Waals surface area contributed by atoms with Crippen molar-refractivity contribution in [3.63, 3.8) is 0 Å². The van der Waals surface area contributed by atoms with E-state index in [9.17, 15) is 4.79 Å². The Kier molecular flexibility index (Phi) is 5.96. The monoisotopic (exact) mass is 318 g/mol. The summed E-state index contributed by atoms with van der Waals surface area (Å²) < 4.78 is 7.11. The molecule has 2 heterocycles. The van der Waals surface area contributed by atoms with Crippen molar-refractivity contribution in [1.29, 1.82) is 0 Å². The van der Waals surface area contributed by atoms with Crippen LogP contribution in [-0.2, 0) is 17.7 Å². The third-order valence-corrected chi connectivity index (χ3v) is 3.81. The summed E-state index contributed by atoms with van der Waals surface area (Å²) in [5, 5.41) is 8.68. The second-order valence-corrected chi connectivity index (χ2v) is 5.36. The minimum atomic E-state index is -0.318. The van der Waals surface area contributed by atoms with Crippen LogP contribution in [0.15, 0.2) is 6.20 Å². The van der Waals surface area contributed by atoms with E-state index in [1.807, 2.05) is 25.5 Å². The minimum absolute atomic E-state index is 0.318. The summed E-state index contributed by atoms with van der Waals surface area (Å²) in [5.41, 5.74) is 2.92. The molecule has 0 bridgehead atoms. The van der Waals surface area contributed by atoms with Gasteiger partial charge in [0.05, 0.1) is 29.6 Å². The van der Waals surface area contributed by atoms with Crippen LogP contribution in [0.2, 0.25) is 0 Å². The normalized spacial score (nSPS) is 11.0. The van der Waals surface area contributed by atoms with Crippen molar-refractivity contribution in [3.8, 4) is 0 Å². The van der Waals surface area contributed by atoms with Crippen molar-refractivity contribution < 1.29 is 9.53 Å². The van der Waals surface area contributed by atoms with Crippen LogP contribution in [0.4, 0.5) is 5.69 Å². The summed E-state index contributed by atoms with van der Waals surface area (Å²) in [6, 6.07) is 0. The maximum Gasteiger partial charge on any atom is 0.342 e. The van der Waals surface area contributed by atoms with Crippen LogP contribution < -0.4 is 5.32 Å². The van der Waals surface area contributed by atoms with E-state index in [2.05, 4.69) is 22.3 Å². The number of aromatic nitrogens is 3. The zero-order valence-electron chi connectivity index (χ0n) is 14.5. The van der Waals surface area contributed by atoms with E-state index in [0.717, 1.165) is 48.3 Å². The molecule has 2 rings (SSSR count). The molecular weight excluding hydrogens is 292 g/mol. The van der Waals surface area contributed by atoms with Gasteiger partial charge >= 0.3 is 5.97 Å². The molecule has 23 heavy (non-hydrogen) atoms. The SMILES string of the molecule is CCCCNc1c(C(=O)OCC)c(CC)nc2c1cnn2CC. The molecule has 126 valence electrons. The predicted octanol–water partition coefficient (Wildman–Crippen LogP) is 3.40. The van der Waals surface area contributed by atoms with Crippen molar-refractivity contribution in [2.45, 2.75) is 53.5 Å². The molecule has 0 aliphatic carbocycles. The van der Waals surface area contributed by atoms with Gasteiger partial charge in [-0.2, -0.15) is 5.10 Å². The minimum Gasteiger partial charge on any atom is -0.462 e. The van der Waals surface area contributed by atoms with Gasteiger partial charge in [-0.15, -0.1) is 0 Å². The topological polar surface area (TPSA) is 69.0 Å².